The van der Waals surface area contributed by atoms with Crippen LogP contribution in [0.2, 0.25) is 0 Å². The summed E-state index contributed by atoms with van der Waals surface area (Å²) >= 11 is 1.75. The van der Waals surface area contributed by atoms with Crippen molar-refractivity contribution in [1.82, 2.24) is 9.78 Å². The van der Waals surface area contributed by atoms with E-state index in [9.17, 15) is 9.59 Å². The number of anilines is 2. The largest absolute Gasteiger partial charge is 0.492 e. The Hall–Kier alpha value is -3.26. The Morgan fingerprint density at radius 1 is 1.10 bits per heavy atom. The first-order valence-corrected chi connectivity index (χ1v) is 11.2. The van der Waals surface area contributed by atoms with E-state index in [1.54, 1.807) is 39.7 Å². The van der Waals surface area contributed by atoms with Crippen LogP contribution in [0.5, 0.6) is 5.75 Å². The molecule has 1 N–H and O–H groups in total. The van der Waals surface area contributed by atoms with Crippen molar-refractivity contribution >= 4 is 35.0 Å². The Labute approximate surface area is 185 Å². The summed E-state index contributed by atoms with van der Waals surface area (Å²) in [7, 11) is 0. The van der Waals surface area contributed by atoms with Crippen LogP contribution in [0.15, 0.2) is 71.9 Å². The number of nitrogens with one attached hydrogen (secondary N) is 1. The molecule has 0 saturated carbocycles. The second-order valence-corrected chi connectivity index (χ2v) is 8.19. The third-order valence-corrected chi connectivity index (χ3v) is 5.90. The summed E-state index contributed by atoms with van der Waals surface area (Å²) in [5, 5.41) is 6.99. The van der Waals surface area contributed by atoms with Crippen molar-refractivity contribution in [1.29, 1.82) is 0 Å². The molecule has 2 aromatic carbocycles. The van der Waals surface area contributed by atoms with E-state index in [0.29, 0.717) is 31.1 Å². The lowest BCUT2D eigenvalue weighted by atomic mass is 10.2. The predicted octanol–water partition coefficient (Wildman–Crippen LogP) is 3.82. The van der Waals surface area contributed by atoms with Gasteiger partial charge in [-0.15, -0.1) is 11.8 Å². The summed E-state index contributed by atoms with van der Waals surface area (Å²) in [6.07, 6.45) is 3.91. The number of para-hydroxylation sites is 1. The quantitative estimate of drug-likeness (QED) is 0.581. The molecule has 0 atom stereocenters. The number of nitrogens with zero attached hydrogens (tertiary/aromatic N) is 3. The Morgan fingerprint density at radius 3 is 2.87 bits per heavy atom. The number of amides is 2. The smallest absolute Gasteiger partial charge is 0.227 e. The zero-order valence-corrected chi connectivity index (χ0v) is 17.9. The van der Waals surface area contributed by atoms with E-state index in [4.69, 9.17) is 4.74 Å². The lowest BCUT2D eigenvalue weighted by Crippen LogP contribution is -2.35. The van der Waals surface area contributed by atoms with Gasteiger partial charge in [-0.25, -0.2) is 0 Å². The van der Waals surface area contributed by atoms with Crippen LogP contribution >= 0.6 is 11.8 Å². The Bertz CT molecular complexity index is 1040. The summed E-state index contributed by atoms with van der Waals surface area (Å²) in [6.45, 7) is 1.78. The van der Waals surface area contributed by atoms with Crippen LogP contribution in [0, 0.1) is 0 Å². The van der Waals surface area contributed by atoms with Gasteiger partial charge in [0.05, 0.1) is 12.2 Å². The van der Waals surface area contributed by atoms with Crippen molar-refractivity contribution in [3.8, 4) is 5.75 Å². The van der Waals surface area contributed by atoms with Gasteiger partial charge < -0.3 is 15.0 Å². The number of carbonyl (C=O) groups excluding carboxylic acids is 2. The molecule has 3 aromatic rings. The standard InChI is InChI=1S/C23H24N4O3S/c28-22(9-10-23(29)27-14-16-31-21-8-2-1-7-20(21)27)25-18-5-3-6-19(17-18)30-15-13-26-12-4-11-24-26/h1-8,11-12,17H,9-10,13-16H2,(H,25,28). The van der Waals surface area contributed by atoms with Gasteiger partial charge in [0.1, 0.15) is 12.4 Å². The highest BCUT2D eigenvalue weighted by Gasteiger charge is 2.22. The molecule has 1 aliphatic rings. The van der Waals surface area contributed by atoms with Gasteiger partial charge in [0.15, 0.2) is 0 Å². The molecule has 1 aromatic heterocycles. The van der Waals surface area contributed by atoms with Crippen LogP contribution in [0.25, 0.3) is 0 Å². The lowest BCUT2D eigenvalue weighted by molar-refractivity contribution is -0.122. The topological polar surface area (TPSA) is 76.5 Å². The van der Waals surface area contributed by atoms with Crippen molar-refractivity contribution in [2.45, 2.75) is 24.3 Å². The monoisotopic (exact) mass is 436 g/mol. The predicted molar refractivity (Wildman–Crippen MR) is 122 cm³/mol. The molecule has 8 heteroatoms. The minimum absolute atomic E-state index is 0.0291. The van der Waals surface area contributed by atoms with Gasteiger partial charge in [-0.3, -0.25) is 14.3 Å². The van der Waals surface area contributed by atoms with Gasteiger partial charge in [0.25, 0.3) is 0 Å². The van der Waals surface area contributed by atoms with E-state index >= 15 is 0 Å². The number of hydrogen-bond acceptors (Lipinski definition) is 5. The van der Waals surface area contributed by atoms with Crippen LogP contribution in [0.4, 0.5) is 11.4 Å². The van der Waals surface area contributed by atoms with E-state index in [0.717, 1.165) is 16.3 Å². The number of rotatable bonds is 8. The Kier molecular flexibility index (Phi) is 6.89. The van der Waals surface area contributed by atoms with Gasteiger partial charge in [-0.05, 0) is 30.3 Å². The normalized spacial score (nSPS) is 12.8. The molecule has 0 radical (unpaired) electrons. The number of fused-ring (bicyclic) bond motifs is 1. The molecule has 160 valence electrons. The number of carbonyl (C=O) groups is 2. The summed E-state index contributed by atoms with van der Waals surface area (Å²) in [6, 6.07) is 17.0. The van der Waals surface area contributed by atoms with Crippen molar-refractivity contribution in [3.05, 3.63) is 67.0 Å². The molecule has 0 unspecified atom stereocenters. The molecule has 2 amide bonds. The SMILES string of the molecule is O=C(CCC(=O)N1CCSc2ccccc21)Nc1cccc(OCCn2cccn2)c1. The molecule has 0 spiro atoms. The van der Waals surface area contributed by atoms with Crippen LogP contribution in [-0.2, 0) is 16.1 Å². The minimum atomic E-state index is -0.193. The number of hydrogen-bond donors (Lipinski definition) is 1. The highest BCUT2D eigenvalue weighted by atomic mass is 32.2. The molecule has 0 fully saturated rings. The maximum Gasteiger partial charge on any atom is 0.227 e. The second-order valence-electron chi connectivity index (χ2n) is 7.06. The van der Waals surface area contributed by atoms with Crippen LogP contribution in [0.1, 0.15) is 12.8 Å². The fourth-order valence-corrected chi connectivity index (χ4v) is 4.36. The maximum absolute atomic E-state index is 12.7. The summed E-state index contributed by atoms with van der Waals surface area (Å²) in [4.78, 5) is 28.0. The van der Waals surface area contributed by atoms with E-state index in [1.807, 2.05) is 48.7 Å². The first-order chi connectivity index (χ1) is 15.2. The van der Waals surface area contributed by atoms with E-state index in [2.05, 4.69) is 10.4 Å². The first-order valence-electron chi connectivity index (χ1n) is 10.2. The maximum atomic E-state index is 12.7. The molecule has 0 saturated heterocycles. The number of thioether (sulfide) groups is 1. The van der Waals surface area contributed by atoms with Crippen molar-refractivity contribution in [2.24, 2.45) is 0 Å². The first kappa shape index (κ1) is 21.0. The van der Waals surface area contributed by atoms with Gasteiger partial charge >= 0.3 is 0 Å². The second kappa shape index (κ2) is 10.2. The molecule has 4 rings (SSSR count). The van der Waals surface area contributed by atoms with Crippen molar-refractivity contribution < 1.29 is 14.3 Å². The van der Waals surface area contributed by atoms with Gasteiger partial charge in [0.2, 0.25) is 11.8 Å². The van der Waals surface area contributed by atoms with E-state index in [-0.39, 0.29) is 24.7 Å². The molecule has 7 nitrogen and oxygen atoms in total. The molecular formula is C23H24N4O3S. The Morgan fingerprint density at radius 2 is 2.00 bits per heavy atom. The van der Waals surface area contributed by atoms with Gasteiger partial charge in [-0.2, -0.15) is 5.10 Å². The highest BCUT2D eigenvalue weighted by Crippen LogP contribution is 2.34. The lowest BCUT2D eigenvalue weighted by Gasteiger charge is -2.29. The molecule has 31 heavy (non-hydrogen) atoms. The van der Waals surface area contributed by atoms with E-state index in [1.165, 1.54) is 0 Å². The number of ether oxygens (including phenoxy) is 1. The van der Waals surface area contributed by atoms with Crippen molar-refractivity contribution in [2.75, 3.05) is 29.1 Å². The van der Waals surface area contributed by atoms with Crippen LogP contribution < -0.4 is 15.0 Å². The van der Waals surface area contributed by atoms with Crippen molar-refractivity contribution in [3.63, 3.8) is 0 Å². The summed E-state index contributed by atoms with van der Waals surface area (Å²) in [5.41, 5.74) is 1.58. The molecule has 1 aliphatic heterocycles. The molecule has 0 aliphatic carbocycles. The fraction of sp³-hybridized carbons (Fsp3) is 0.261. The zero-order valence-electron chi connectivity index (χ0n) is 17.1. The summed E-state index contributed by atoms with van der Waals surface area (Å²) in [5.74, 6) is 1.31. The van der Waals surface area contributed by atoms with Gasteiger partial charge in [0, 0.05) is 54.2 Å². The van der Waals surface area contributed by atoms with Crippen LogP contribution in [-0.4, -0.2) is 40.5 Å². The minimum Gasteiger partial charge on any atom is -0.492 e. The summed E-state index contributed by atoms with van der Waals surface area (Å²) < 4.78 is 7.53. The number of benzene rings is 2. The van der Waals surface area contributed by atoms with Crippen LogP contribution in [0.3, 0.4) is 0 Å². The third-order valence-electron chi connectivity index (χ3n) is 4.86. The average molecular weight is 437 g/mol. The molecular weight excluding hydrogens is 412 g/mol. The highest BCUT2D eigenvalue weighted by molar-refractivity contribution is 7.99. The average Bonchev–Trinajstić information content (AvgIpc) is 3.31. The number of aromatic nitrogens is 2. The zero-order chi connectivity index (χ0) is 21.5. The molecule has 0 bridgehead atoms. The third kappa shape index (κ3) is 5.67. The fourth-order valence-electron chi connectivity index (χ4n) is 3.36. The molecule has 2 heterocycles. The van der Waals surface area contributed by atoms with E-state index < -0.39 is 0 Å². The Balaban J connectivity index is 1.26. The van der Waals surface area contributed by atoms with Gasteiger partial charge in [-0.1, -0.05) is 18.2 Å².